The van der Waals surface area contributed by atoms with Crippen LogP contribution < -0.4 is 10.1 Å². The third-order valence-electron chi connectivity index (χ3n) is 5.38. The summed E-state index contributed by atoms with van der Waals surface area (Å²) >= 11 is 5.95. The molecular weight excluding hydrogens is 475 g/mol. The third kappa shape index (κ3) is 6.19. The van der Waals surface area contributed by atoms with Crippen LogP contribution in [0.5, 0.6) is 5.75 Å². The number of ether oxygens (including phenoxy) is 1. The average molecular weight is 498 g/mol. The Bertz CT molecular complexity index is 1090. The lowest BCUT2D eigenvalue weighted by atomic mass is 10.1. The summed E-state index contributed by atoms with van der Waals surface area (Å²) in [5.41, 5.74) is -0.130. The van der Waals surface area contributed by atoms with Gasteiger partial charge in [-0.3, -0.25) is 14.4 Å². The minimum atomic E-state index is -4.48. The van der Waals surface area contributed by atoms with Crippen molar-refractivity contribution in [2.75, 3.05) is 32.6 Å². The maximum absolute atomic E-state index is 12.9. The molecule has 0 aliphatic carbocycles. The van der Waals surface area contributed by atoms with E-state index in [4.69, 9.17) is 16.3 Å². The molecule has 0 spiro atoms. The molecule has 0 saturated carbocycles. The quantitative estimate of drug-likeness (QED) is 0.631. The van der Waals surface area contributed by atoms with Gasteiger partial charge in [0, 0.05) is 31.6 Å². The predicted molar refractivity (Wildman–Crippen MR) is 119 cm³/mol. The summed E-state index contributed by atoms with van der Waals surface area (Å²) in [5.74, 6) is -1.53. The molecule has 1 aliphatic heterocycles. The molecule has 3 amide bonds. The third-order valence-corrected chi connectivity index (χ3v) is 5.62. The van der Waals surface area contributed by atoms with Crippen molar-refractivity contribution in [2.24, 2.45) is 5.92 Å². The SMILES string of the molecule is COc1ccc(Cl)cc1NC(=O)CN(C)C(=O)C1CC(=O)N(Cc2cccc(C(F)(F)F)c2)C1. The number of benzene rings is 2. The zero-order chi connectivity index (χ0) is 25.0. The lowest BCUT2D eigenvalue weighted by Gasteiger charge is -2.21. The van der Waals surface area contributed by atoms with E-state index in [1.165, 1.54) is 42.2 Å². The van der Waals surface area contributed by atoms with Crippen molar-refractivity contribution in [2.45, 2.75) is 19.1 Å². The highest BCUT2D eigenvalue weighted by molar-refractivity contribution is 6.31. The Kier molecular flexibility index (Phi) is 7.71. The van der Waals surface area contributed by atoms with Crippen molar-refractivity contribution in [3.63, 3.8) is 0 Å². The number of methoxy groups -OCH3 is 1. The second-order valence-electron chi connectivity index (χ2n) is 7.96. The van der Waals surface area contributed by atoms with Crippen LogP contribution in [0.4, 0.5) is 18.9 Å². The zero-order valence-electron chi connectivity index (χ0n) is 18.5. The largest absolute Gasteiger partial charge is 0.495 e. The van der Waals surface area contributed by atoms with Crippen LogP contribution >= 0.6 is 11.6 Å². The van der Waals surface area contributed by atoms with Crippen LogP contribution in [0.1, 0.15) is 17.5 Å². The van der Waals surface area contributed by atoms with E-state index in [1.807, 2.05) is 0 Å². The molecule has 1 atom stereocenters. The molecule has 3 rings (SSSR count). The summed E-state index contributed by atoms with van der Waals surface area (Å²) in [5, 5.41) is 3.03. The van der Waals surface area contributed by atoms with E-state index in [2.05, 4.69) is 5.32 Å². The second kappa shape index (κ2) is 10.3. The molecule has 1 saturated heterocycles. The molecule has 0 bridgehead atoms. The molecule has 34 heavy (non-hydrogen) atoms. The summed E-state index contributed by atoms with van der Waals surface area (Å²) in [7, 11) is 2.88. The van der Waals surface area contributed by atoms with Crippen LogP contribution in [0.25, 0.3) is 0 Å². The fourth-order valence-corrected chi connectivity index (χ4v) is 3.90. The second-order valence-corrected chi connectivity index (χ2v) is 8.40. The number of anilines is 1. The van der Waals surface area contributed by atoms with Gasteiger partial charge in [0.1, 0.15) is 5.75 Å². The summed E-state index contributed by atoms with van der Waals surface area (Å²) in [6, 6.07) is 9.44. The smallest absolute Gasteiger partial charge is 0.416 e. The zero-order valence-corrected chi connectivity index (χ0v) is 19.2. The molecular formula is C23H23ClF3N3O4. The maximum Gasteiger partial charge on any atom is 0.416 e. The molecule has 2 aromatic carbocycles. The normalized spacial score (nSPS) is 15.9. The van der Waals surface area contributed by atoms with Gasteiger partial charge in [-0.1, -0.05) is 23.7 Å². The molecule has 1 aliphatic rings. The van der Waals surface area contributed by atoms with Gasteiger partial charge in [-0.25, -0.2) is 0 Å². The molecule has 1 heterocycles. The van der Waals surface area contributed by atoms with Crippen LogP contribution in [-0.2, 0) is 27.1 Å². The number of hydrogen-bond donors (Lipinski definition) is 1. The number of carbonyl (C=O) groups excluding carboxylic acids is 3. The molecule has 1 unspecified atom stereocenters. The lowest BCUT2D eigenvalue weighted by Crippen LogP contribution is -2.39. The van der Waals surface area contributed by atoms with E-state index in [0.717, 1.165) is 12.1 Å². The Morgan fingerprint density at radius 3 is 2.65 bits per heavy atom. The van der Waals surface area contributed by atoms with Crippen LogP contribution in [0.15, 0.2) is 42.5 Å². The van der Waals surface area contributed by atoms with E-state index >= 15 is 0 Å². The number of likely N-dealkylation sites (N-methyl/N-ethyl adjacent to an activating group) is 1. The fourth-order valence-electron chi connectivity index (χ4n) is 3.73. The highest BCUT2D eigenvalue weighted by Crippen LogP contribution is 2.31. The minimum Gasteiger partial charge on any atom is -0.495 e. The summed E-state index contributed by atoms with van der Waals surface area (Å²) in [6.45, 7) is -0.250. The number of likely N-dealkylation sites (tertiary alicyclic amines) is 1. The molecule has 11 heteroatoms. The minimum absolute atomic E-state index is 0.0364. The number of amides is 3. The Balaban J connectivity index is 1.58. The molecule has 7 nitrogen and oxygen atoms in total. The van der Waals surface area contributed by atoms with Gasteiger partial charge in [-0.05, 0) is 35.9 Å². The Labute approximate surface area is 199 Å². The van der Waals surface area contributed by atoms with Crippen LogP contribution in [-0.4, -0.2) is 54.8 Å². The highest BCUT2D eigenvalue weighted by atomic mass is 35.5. The van der Waals surface area contributed by atoms with Gasteiger partial charge in [-0.15, -0.1) is 0 Å². The number of hydrogen-bond acceptors (Lipinski definition) is 4. The first-order valence-corrected chi connectivity index (χ1v) is 10.7. The molecule has 0 radical (unpaired) electrons. The van der Waals surface area contributed by atoms with Crippen molar-refractivity contribution < 1.29 is 32.3 Å². The van der Waals surface area contributed by atoms with Crippen LogP contribution in [0.2, 0.25) is 5.02 Å². The predicted octanol–water partition coefficient (Wildman–Crippen LogP) is 3.81. The van der Waals surface area contributed by atoms with Crippen LogP contribution in [0.3, 0.4) is 0 Å². The van der Waals surface area contributed by atoms with Crippen molar-refractivity contribution in [1.82, 2.24) is 9.80 Å². The Hall–Kier alpha value is -3.27. The molecule has 1 N–H and O–H groups in total. The van der Waals surface area contributed by atoms with E-state index in [9.17, 15) is 27.6 Å². The average Bonchev–Trinajstić information content (AvgIpc) is 3.13. The molecule has 0 aromatic heterocycles. The Morgan fingerprint density at radius 1 is 1.24 bits per heavy atom. The van der Waals surface area contributed by atoms with Gasteiger partial charge < -0.3 is 19.9 Å². The van der Waals surface area contributed by atoms with Crippen molar-refractivity contribution >= 4 is 35.0 Å². The molecule has 1 fully saturated rings. The number of nitrogens with zero attached hydrogens (tertiary/aromatic N) is 2. The van der Waals surface area contributed by atoms with Gasteiger partial charge in [-0.2, -0.15) is 13.2 Å². The van der Waals surface area contributed by atoms with E-state index < -0.39 is 29.5 Å². The van der Waals surface area contributed by atoms with Gasteiger partial charge in [0.15, 0.2) is 0 Å². The highest BCUT2D eigenvalue weighted by Gasteiger charge is 2.36. The topological polar surface area (TPSA) is 79.0 Å². The first-order valence-electron chi connectivity index (χ1n) is 10.3. The van der Waals surface area contributed by atoms with Gasteiger partial charge in [0.2, 0.25) is 17.7 Å². The van der Waals surface area contributed by atoms with E-state index in [-0.39, 0.29) is 32.0 Å². The number of rotatable bonds is 7. The van der Waals surface area contributed by atoms with Crippen LogP contribution in [0, 0.1) is 5.92 Å². The van der Waals surface area contributed by atoms with E-state index in [0.29, 0.717) is 22.0 Å². The van der Waals surface area contributed by atoms with E-state index in [1.54, 1.807) is 12.1 Å². The number of alkyl halides is 3. The number of halogens is 4. The van der Waals surface area contributed by atoms with Crippen molar-refractivity contribution in [3.8, 4) is 5.75 Å². The monoisotopic (exact) mass is 497 g/mol. The number of carbonyl (C=O) groups is 3. The lowest BCUT2D eigenvalue weighted by molar-refractivity contribution is -0.137. The van der Waals surface area contributed by atoms with Gasteiger partial charge >= 0.3 is 6.18 Å². The first-order chi connectivity index (χ1) is 16.0. The van der Waals surface area contributed by atoms with Gasteiger partial charge in [0.25, 0.3) is 0 Å². The van der Waals surface area contributed by atoms with Gasteiger partial charge in [0.05, 0.1) is 30.8 Å². The Morgan fingerprint density at radius 2 is 1.97 bits per heavy atom. The first kappa shape index (κ1) is 25.4. The standard InChI is InChI=1S/C23H23ClF3N3O4/c1-29(13-20(31)28-18-10-17(24)6-7-19(18)34-2)22(33)15-9-21(32)30(12-15)11-14-4-3-5-16(8-14)23(25,26)27/h3-8,10,15H,9,11-13H2,1-2H3,(H,28,31). The molecule has 2 aromatic rings. The summed E-state index contributed by atoms with van der Waals surface area (Å²) < 4.78 is 44.0. The fraction of sp³-hybridized carbons (Fsp3) is 0.348. The molecule has 182 valence electrons. The maximum atomic E-state index is 12.9. The van der Waals surface area contributed by atoms with Crippen molar-refractivity contribution in [1.29, 1.82) is 0 Å². The summed E-state index contributed by atoms with van der Waals surface area (Å²) in [4.78, 5) is 40.2. The number of nitrogens with one attached hydrogen (secondary N) is 1. The van der Waals surface area contributed by atoms with Crippen molar-refractivity contribution in [3.05, 3.63) is 58.6 Å². The summed E-state index contributed by atoms with van der Waals surface area (Å²) in [6.07, 6.45) is -4.56.